The first-order valence-electron chi connectivity index (χ1n) is 8.75. The van der Waals surface area contributed by atoms with Gasteiger partial charge in [0.2, 0.25) is 0 Å². The summed E-state index contributed by atoms with van der Waals surface area (Å²) in [5.41, 5.74) is 8.11. The van der Waals surface area contributed by atoms with Crippen LogP contribution in [0.2, 0.25) is 0 Å². The molecule has 0 bridgehead atoms. The Morgan fingerprint density at radius 1 is 1.23 bits per heavy atom. The molecule has 2 aromatic rings. The van der Waals surface area contributed by atoms with Gasteiger partial charge in [-0.25, -0.2) is 4.98 Å². The molecule has 0 spiro atoms. The van der Waals surface area contributed by atoms with Gasteiger partial charge in [0.25, 0.3) is 5.91 Å². The molecule has 4 N–H and O–H groups in total. The molecule has 1 amide bonds. The number of anilines is 3. The van der Waals surface area contributed by atoms with E-state index in [0.717, 1.165) is 30.9 Å². The topological polar surface area (TPSA) is 97.4 Å². The van der Waals surface area contributed by atoms with Crippen molar-refractivity contribution in [1.82, 2.24) is 9.55 Å². The number of nitrogens with zero attached hydrogens (tertiary/aromatic N) is 3. The number of ether oxygens (including phenoxy) is 1. The monoisotopic (exact) mass is 356 g/mol. The largest absolute Gasteiger partial charge is 0.476 e. The average Bonchev–Trinajstić information content (AvgIpc) is 3.13. The van der Waals surface area contributed by atoms with Crippen LogP contribution in [-0.4, -0.2) is 33.4 Å². The average molecular weight is 356 g/mol. The summed E-state index contributed by atoms with van der Waals surface area (Å²) in [6.45, 7) is 7.10. The highest BCUT2D eigenvalue weighted by Crippen LogP contribution is 2.46. The number of amides is 1. The van der Waals surface area contributed by atoms with E-state index in [-0.39, 0.29) is 5.91 Å². The molecule has 0 saturated heterocycles. The third-order valence-corrected chi connectivity index (χ3v) is 4.85. The molecular formula is C18H24N6O2. The van der Waals surface area contributed by atoms with Crippen molar-refractivity contribution in [3.8, 4) is 5.75 Å². The minimum absolute atomic E-state index is 0.157. The Labute approximate surface area is 152 Å². The maximum atomic E-state index is 12.1. The van der Waals surface area contributed by atoms with Crippen LogP contribution in [0.15, 0.2) is 30.9 Å². The molecule has 3 heterocycles. The molecule has 2 aliphatic heterocycles. The van der Waals surface area contributed by atoms with Crippen LogP contribution in [0.25, 0.3) is 0 Å². The van der Waals surface area contributed by atoms with Gasteiger partial charge < -0.3 is 24.8 Å². The number of imidazole rings is 1. The first-order valence-corrected chi connectivity index (χ1v) is 8.75. The quantitative estimate of drug-likeness (QED) is 0.775. The zero-order valence-electron chi connectivity index (χ0n) is 15.2. The fourth-order valence-corrected chi connectivity index (χ4v) is 3.44. The van der Waals surface area contributed by atoms with Gasteiger partial charge in [-0.2, -0.15) is 0 Å². The van der Waals surface area contributed by atoms with Crippen molar-refractivity contribution in [2.45, 2.75) is 45.1 Å². The van der Waals surface area contributed by atoms with E-state index in [2.05, 4.69) is 20.5 Å². The van der Waals surface area contributed by atoms with Crippen LogP contribution in [0.1, 0.15) is 27.2 Å². The SMILES string of the molecule is CC1(C)Oc2cc3c(cc2NC1=O)NC(C)(N)N3CCCn1ccnc1. The Hall–Kier alpha value is -2.74. The molecule has 1 atom stereocenters. The van der Waals surface area contributed by atoms with Crippen molar-refractivity contribution < 1.29 is 9.53 Å². The molecule has 8 nitrogen and oxygen atoms in total. The molecule has 0 fully saturated rings. The number of nitrogens with two attached hydrogens (primary N) is 1. The number of rotatable bonds is 4. The number of hydrogen-bond acceptors (Lipinski definition) is 6. The minimum Gasteiger partial charge on any atom is -0.476 e. The highest BCUT2D eigenvalue weighted by atomic mass is 16.5. The van der Waals surface area contributed by atoms with Crippen LogP contribution in [0, 0.1) is 0 Å². The van der Waals surface area contributed by atoms with E-state index in [1.165, 1.54) is 0 Å². The number of fused-ring (bicyclic) bond motifs is 2. The summed E-state index contributed by atoms with van der Waals surface area (Å²) >= 11 is 0. The molecule has 1 aromatic carbocycles. The van der Waals surface area contributed by atoms with Gasteiger partial charge in [0.05, 0.1) is 23.4 Å². The van der Waals surface area contributed by atoms with Crippen LogP contribution in [-0.2, 0) is 11.3 Å². The third-order valence-electron chi connectivity index (χ3n) is 4.85. The number of carbonyl (C=O) groups is 1. The Kier molecular flexibility index (Phi) is 3.62. The minimum atomic E-state index is -0.897. The van der Waals surface area contributed by atoms with Crippen LogP contribution >= 0.6 is 0 Å². The van der Waals surface area contributed by atoms with Crippen molar-refractivity contribution in [3.63, 3.8) is 0 Å². The lowest BCUT2D eigenvalue weighted by atomic mass is 10.1. The molecule has 8 heteroatoms. The maximum absolute atomic E-state index is 12.1. The second kappa shape index (κ2) is 5.63. The molecule has 0 aliphatic carbocycles. The summed E-state index contributed by atoms with van der Waals surface area (Å²) in [6.07, 6.45) is 6.46. The van der Waals surface area contributed by atoms with Crippen molar-refractivity contribution in [2.75, 3.05) is 22.1 Å². The number of benzene rings is 1. The summed E-state index contributed by atoms with van der Waals surface area (Å²) in [4.78, 5) is 18.3. The molecule has 138 valence electrons. The van der Waals surface area contributed by atoms with Gasteiger partial charge in [-0.1, -0.05) is 0 Å². The molecule has 26 heavy (non-hydrogen) atoms. The van der Waals surface area contributed by atoms with Gasteiger partial charge in [-0.3, -0.25) is 10.5 Å². The van der Waals surface area contributed by atoms with Gasteiger partial charge in [0, 0.05) is 31.5 Å². The van der Waals surface area contributed by atoms with E-state index >= 15 is 0 Å². The number of aryl methyl sites for hydroxylation is 1. The lowest BCUT2D eigenvalue weighted by Crippen LogP contribution is -2.56. The molecule has 0 saturated carbocycles. The van der Waals surface area contributed by atoms with Crippen molar-refractivity contribution in [3.05, 3.63) is 30.9 Å². The number of carbonyl (C=O) groups excluding carboxylic acids is 1. The maximum Gasteiger partial charge on any atom is 0.268 e. The van der Waals surface area contributed by atoms with E-state index in [9.17, 15) is 4.79 Å². The second-order valence-electron chi connectivity index (χ2n) is 7.51. The van der Waals surface area contributed by atoms with Gasteiger partial charge >= 0.3 is 0 Å². The van der Waals surface area contributed by atoms with Gasteiger partial charge in [0.15, 0.2) is 11.4 Å². The Balaban J connectivity index is 1.59. The molecular weight excluding hydrogens is 332 g/mol. The lowest BCUT2D eigenvalue weighted by molar-refractivity contribution is -0.129. The molecule has 1 aromatic heterocycles. The van der Waals surface area contributed by atoms with Gasteiger partial charge in [-0.05, 0) is 33.3 Å². The normalized spacial score (nSPS) is 22.9. The van der Waals surface area contributed by atoms with E-state index in [4.69, 9.17) is 10.5 Å². The van der Waals surface area contributed by atoms with Crippen molar-refractivity contribution >= 4 is 23.0 Å². The summed E-state index contributed by atoms with van der Waals surface area (Å²) in [5, 5.41) is 6.24. The predicted octanol–water partition coefficient (Wildman–Crippen LogP) is 1.95. The first kappa shape index (κ1) is 16.7. The fourth-order valence-electron chi connectivity index (χ4n) is 3.44. The Morgan fingerprint density at radius 2 is 2.04 bits per heavy atom. The van der Waals surface area contributed by atoms with E-state index in [1.54, 1.807) is 20.0 Å². The smallest absolute Gasteiger partial charge is 0.268 e. The van der Waals surface area contributed by atoms with Crippen LogP contribution < -0.4 is 26.0 Å². The summed E-state index contributed by atoms with van der Waals surface area (Å²) in [7, 11) is 0. The fraction of sp³-hybridized carbons (Fsp3) is 0.444. The first-order chi connectivity index (χ1) is 12.3. The molecule has 2 aliphatic rings. The number of nitrogens with one attached hydrogen (secondary N) is 2. The number of aromatic nitrogens is 2. The van der Waals surface area contributed by atoms with Crippen LogP contribution in [0.4, 0.5) is 17.1 Å². The van der Waals surface area contributed by atoms with E-state index < -0.39 is 11.4 Å². The standard InChI is InChI=1S/C18H24N6O2/c1-17(2)16(25)21-13-9-12-14(10-15(13)26-17)24(18(3,19)22-12)7-4-6-23-8-5-20-11-23/h5,8-11,22H,4,6-7,19H2,1-3H3,(H,21,25). The molecule has 1 unspecified atom stereocenters. The Bertz CT molecular complexity index is 844. The van der Waals surface area contributed by atoms with Crippen molar-refractivity contribution in [2.24, 2.45) is 5.73 Å². The van der Waals surface area contributed by atoms with Gasteiger partial charge in [-0.15, -0.1) is 0 Å². The Morgan fingerprint density at radius 3 is 2.77 bits per heavy atom. The van der Waals surface area contributed by atoms with Crippen LogP contribution in [0.3, 0.4) is 0 Å². The molecule has 0 radical (unpaired) electrons. The second-order valence-corrected chi connectivity index (χ2v) is 7.51. The third kappa shape index (κ3) is 2.76. The molecule has 4 rings (SSSR count). The van der Waals surface area contributed by atoms with Crippen molar-refractivity contribution in [1.29, 1.82) is 0 Å². The zero-order valence-corrected chi connectivity index (χ0v) is 15.2. The summed E-state index contributed by atoms with van der Waals surface area (Å²) < 4.78 is 7.96. The summed E-state index contributed by atoms with van der Waals surface area (Å²) in [6, 6.07) is 3.84. The van der Waals surface area contributed by atoms with Crippen LogP contribution in [0.5, 0.6) is 5.75 Å². The summed E-state index contributed by atoms with van der Waals surface area (Å²) in [5.74, 6) is -0.205. The highest BCUT2D eigenvalue weighted by molar-refractivity contribution is 6.02. The van der Waals surface area contributed by atoms with E-state index in [1.807, 2.05) is 36.1 Å². The predicted molar refractivity (Wildman–Crippen MR) is 100 cm³/mol. The lowest BCUT2D eigenvalue weighted by Gasteiger charge is -2.34. The van der Waals surface area contributed by atoms with E-state index in [0.29, 0.717) is 11.4 Å². The zero-order chi connectivity index (χ0) is 18.5. The van der Waals surface area contributed by atoms with Gasteiger partial charge in [0.1, 0.15) is 5.75 Å². The highest BCUT2D eigenvalue weighted by Gasteiger charge is 2.40. The number of hydrogen-bond donors (Lipinski definition) is 3.